The van der Waals surface area contributed by atoms with E-state index in [2.05, 4.69) is 42.1 Å². The number of thiazole rings is 1. The number of amides is 3. The van der Waals surface area contributed by atoms with Gasteiger partial charge in [-0.15, -0.1) is 11.3 Å². The number of aromatic amines is 1. The van der Waals surface area contributed by atoms with E-state index in [1.807, 2.05) is 0 Å². The van der Waals surface area contributed by atoms with Crippen LogP contribution in [0, 0.1) is 0 Å². The number of H-pyrrole nitrogens is 1. The molecule has 0 fully saturated rings. The maximum Gasteiger partial charge on any atom is 0.293 e. The average Bonchev–Trinajstić information content (AvgIpc) is 3.34. The molecule has 0 unspecified atom stereocenters. The molecule has 0 aromatic carbocycles. The summed E-state index contributed by atoms with van der Waals surface area (Å²) in [4.78, 5) is 42.4. The van der Waals surface area contributed by atoms with Crippen molar-refractivity contribution in [2.75, 3.05) is 5.32 Å². The summed E-state index contributed by atoms with van der Waals surface area (Å²) in [6, 6.07) is 4.71. The molecule has 0 aliphatic carbocycles. The second-order valence-corrected chi connectivity index (χ2v) is 6.76. The smallest absolute Gasteiger partial charge is 0.293 e. The maximum atomic E-state index is 11.9. The van der Waals surface area contributed by atoms with Crippen LogP contribution in [-0.4, -0.2) is 27.7 Å². The standard InChI is InChI=1S/C15H12BrN5O4S/c16-8-4-10(17-6-8)13(23)21-20-12(22)5-9-7-26-15(18-9)19-14(24)11-2-1-3-25-11/h1-4,6-7,17H,5H2,(H,20,22)(H,21,23)(H,18,19,24). The molecule has 26 heavy (non-hydrogen) atoms. The fraction of sp³-hybridized carbons (Fsp3) is 0.0667. The number of hydrogen-bond acceptors (Lipinski definition) is 6. The van der Waals surface area contributed by atoms with Gasteiger partial charge in [-0.25, -0.2) is 4.98 Å². The Morgan fingerprint density at radius 3 is 2.81 bits per heavy atom. The Kier molecular flexibility index (Phi) is 5.49. The highest BCUT2D eigenvalue weighted by Crippen LogP contribution is 2.17. The Morgan fingerprint density at radius 1 is 1.27 bits per heavy atom. The van der Waals surface area contributed by atoms with Gasteiger partial charge in [0.25, 0.3) is 11.8 Å². The van der Waals surface area contributed by atoms with Gasteiger partial charge in [-0.3, -0.25) is 30.6 Å². The molecule has 0 aliphatic heterocycles. The Labute approximate surface area is 159 Å². The SMILES string of the molecule is O=C(Cc1csc(NC(=O)c2ccco2)n1)NNC(=O)c1cc(Br)c[nH]1. The lowest BCUT2D eigenvalue weighted by molar-refractivity contribution is -0.121. The number of carbonyl (C=O) groups is 3. The molecule has 0 aliphatic rings. The summed E-state index contributed by atoms with van der Waals surface area (Å²) in [5.74, 6) is -1.19. The first-order chi connectivity index (χ1) is 12.5. The minimum Gasteiger partial charge on any atom is -0.459 e. The number of nitrogens with one attached hydrogen (secondary N) is 4. The fourth-order valence-electron chi connectivity index (χ4n) is 1.91. The number of carbonyl (C=O) groups excluding carboxylic acids is 3. The normalized spacial score (nSPS) is 10.3. The minimum atomic E-state index is -0.478. The Balaban J connectivity index is 1.48. The number of rotatable bonds is 5. The van der Waals surface area contributed by atoms with Crippen LogP contribution in [0.15, 0.2) is 44.9 Å². The zero-order chi connectivity index (χ0) is 18.5. The first-order valence-electron chi connectivity index (χ1n) is 7.23. The number of aromatic nitrogens is 2. The van der Waals surface area contributed by atoms with Gasteiger partial charge in [0.05, 0.1) is 18.4 Å². The molecule has 3 aromatic heterocycles. The summed E-state index contributed by atoms with van der Waals surface area (Å²) >= 11 is 4.39. The molecule has 11 heteroatoms. The van der Waals surface area contributed by atoms with Gasteiger partial charge in [-0.05, 0) is 34.1 Å². The van der Waals surface area contributed by atoms with Crippen molar-refractivity contribution < 1.29 is 18.8 Å². The predicted octanol–water partition coefficient (Wildman–Crippen LogP) is 2.08. The van der Waals surface area contributed by atoms with Crippen molar-refractivity contribution in [3.8, 4) is 0 Å². The summed E-state index contributed by atoms with van der Waals surface area (Å²) in [5.41, 5.74) is 5.35. The van der Waals surface area contributed by atoms with E-state index in [0.717, 1.165) is 4.47 Å². The van der Waals surface area contributed by atoms with Crippen molar-refractivity contribution >= 4 is 50.1 Å². The minimum absolute atomic E-state index is 0.0537. The van der Waals surface area contributed by atoms with Crippen molar-refractivity contribution in [1.29, 1.82) is 0 Å². The van der Waals surface area contributed by atoms with Gasteiger partial charge < -0.3 is 9.40 Å². The van der Waals surface area contributed by atoms with E-state index in [4.69, 9.17) is 4.42 Å². The zero-order valence-electron chi connectivity index (χ0n) is 13.0. The Morgan fingerprint density at radius 2 is 2.12 bits per heavy atom. The van der Waals surface area contributed by atoms with E-state index in [1.54, 1.807) is 23.7 Å². The number of anilines is 1. The summed E-state index contributed by atoms with van der Waals surface area (Å²) in [7, 11) is 0. The molecule has 0 spiro atoms. The third-order valence-electron chi connectivity index (χ3n) is 3.07. The number of hydrazine groups is 1. The third-order valence-corrected chi connectivity index (χ3v) is 4.33. The molecular weight excluding hydrogens is 426 g/mol. The molecule has 9 nitrogen and oxygen atoms in total. The summed E-state index contributed by atoms with van der Waals surface area (Å²) in [6.45, 7) is 0. The van der Waals surface area contributed by atoms with E-state index in [-0.39, 0.29) is 12.2 Å². The van der Waals surface area contributed by atoms with Crippen LogP contribution in [0.2, 0.25) is 0 Å². The van der Waals surface area contributed by atoms with E-state index >= 15 is 0 Å². The molecule has 0 saturated carbocycles. The molecule has 0 atom stereocenters. The molecule has 3 heterocycles. The predicted molar refractivity (Wildman–Crippen MR) is 96.6 cm³/mol. The first-order valence-corrected chi connectivity index (χ1v) is 8.91. The second kappa shape index (κ2) is 7.97. The van der Waals surface area contributed by atoms with E-state index in [9.17, 15) is 14.4 Å². The number of hydrogen-bond donors (Lipinski definition) is 4. The molecule has 134 valence electrons. The molecule has 3 rings (SSSR count). The Hall–Kier alpha value is -2.92. The average molecular weight is 438 g/mol. The van der Waals surface area contributed by atoms with Crippen LogP contribution in [0.5, 0.6) is 0 Å². The summed E-state index contributed by atoms with van der Waals surface area (Å²) < 4.78 is 5.71. The maximum absolute atomic E-state index is 11.9. The number of furan rings is 1. The zero-order valence-corrected chi connectivity index (χ0v) is 15.4. The van der Waals surface area contributed by atoms with E-state index in [1.165, 1.54) is 23.7 Å². The van der Waals surface area contributed by atoms with Crippen molar-refractivity contribution in [3.05, 3.63) is 57.7 Å². The van der Waals surface area contributed by atoms with Crippen molar-refractivity contribution in [2.45, 2.75) is 6.42 Å². The van der Waals surface area contributed by atoms with Gasteiger partial charge in [0, 0.05) is 16.0 Å². The number of halogens is 1. The lowest BCUT2D eigenvalue weighted by Gasteiger charge is -2.05. The molecule has 3 amide bonds. The van der Waals surface area contributed by atoms with Crippen molar-refractivity contribution in [1.82, 2.24) is 20.8 Å². The molecule has 0 radical (unpaired) electrons. The monoisotopic (exact) mass is 437 g/mol. The fourth-order valence-corrected chi connectivity index (χ4v) is 2.96. The van der Waals surface area contributed by atoms with Crippen LogP contribution >= 0.6 is 27.3 Å². The van der Waals surface area contributed by atoms with Gasteiger partial charge in [0.2, 0.25) is 5.91 Å². The highest BCUT2D eigenvalue weighted by Gasteiger charge is 2.14. The van der Waals surface area contributed by atoms with Crippen LogP contribution < -0.4 is 16.2 Å². The lowest BCUT2D eigenvalue weighted by atomic mass is 10.3. The molecule has 0 saturated heterocycles. The van der Waals surface area contributed by atoms with Crippen molar-refractivity contribution in [3.63, 3.8) is 0 Å². The van der Waals surface area contributed by atoms with Gasteiger partial charge in [-0.2, -0.15) is 0 Å². The van der Waals surface area contributed by atoms with Gasteiger partial charge in [0.1, 0.15) is 5.69 Å². The third kappa shape index (κ3) is 4.58. The van der Waals surface area contributed by atoms with Crippen LogP contribution in [-0.2, 0) is 11.2 Å². The van der Waals surface area contributed by atoms with Crippen LogP contribution in [0.4, 0.5) is 5.13 Å². The lowest BCUT2D eigenvalue weighted by Crippen LogP contribution is -2.42. The van der Waals surface area contributed by atoms with E-state index in [0.29, 0.717) is 16.5 Å². The van der Waals surface area contributed by atoms with E-state index < -0.39 is 17.7 Å². The highest BCUT2D eigenvalue weighted by atomic mass is 79.9. The Bertz CT molecular complexity index is 934. The molecule has 4 N–H and O–H groups in total. The summed E-state index contributed by atoms with van der Waals surface area (Å²) in [5, 5.41) is 4.56. The van der Waals surface area contributed by atoms with Gasteiger partial charge in [0.15, 0.2) is 10.9 Å². The van der Waals surface area contributed by atoms with Gasteiger partial charge >= 0.3 is 0 Å². The van der Waals surface area contributed by atoms with Gasteiger partial charge in [-0.1, -0.05) is 0 Å². The molecule has 0 bridgehead atoms. The largest absolute Gasteiger partial charge is 0.459 e. The second-order valence-electron chi connectivity index (χ2n) is 4.99. The first kappa shape index (κ1) is 17.9. The topological polar surface area (TPSA) is 129 Å². The molecular formula is C15H12BrN5O4S. The number of nitrogens with zero attached hydrogens (tertiary/aromatic N) is 1. The van der Waals surface area contributed by atoms with Crippen LogP contribution in [0.3, 0.4) is 0 Å². The quantitative estimate of drug-likeness (QED) is 0.454. The highest BCUT2D eigenvalue weighted by molar-refractivity contribution is 9.10. The van der Waals surface area contributed by atoms with Crippen LogP contribution in [0.25, 0.3) is 0 Å². The van der Waals surface area contributed by atoms with Crippen LogP contribution in [0.1, 0.15) is 26.7 Å². The summed E-state index contributed by atoms with van der Waals surface area (Å²) in [6.07, 6.45) is 2.94. The van der Waals surface area contributed by atoms with Crippen molar-refractivity contribution in [2.24, 2.45) is 0 Å². The molecule has 3 aromatic rings.